The van der Waals surface area contributed by atoms with Gasteiger partial charge in [-0.05, 0) is 41.5 Å². The van der Waals surface area contributed by atoms with Gasteiger partial charge >= 0.3 is 0 Å². The number of aliphatic hydroxyl groups is 1. The zero-order chi connectivity index (χ0) is 13.8. The summed E-state index contributed by atoms with van der Waals surface area (Å²) < 4.78 is 7.15. The van der Waals surface area contributed by atoms with Crippen molar-refractivity contribution in [1.29, 1.82) is 0 Å². The van der Waals surface area contributed by atoms with Crippen molar-refractivity contribution in [2.24, 2.45) is 0 Å². The minimum Gasteiger partial charge on any atom is -0.497 e. The van der Waals surface area contributed by atoms with E-state index in [1.807, 2.05) is 42.5 Å². The number of halogens is 2. The second-order valence-corrected chi connectivity index (χ2v) is 6.00. The molecule has 0 heterocycles. The summed E-state index contributed by atoms with van der Waals surface area (Å²) in [7, 11) is 1.64. The number of rotatable bonds is 4. The van der Waals surface area contributed by atoms with E-state index in [0.717, 1.165) is 25.8 Å². The van der Waals surface area contributed by atoms with Crippen molar-refractivity contribution in [3.8, 4) is 5.75 Å². The molecule has 0 saturated heterocycles. The standard InChI is InChI=1S/C15H14Br2O2/c1-19-13-5-6-14(17)11(8-13)9-15(18)10-3-2-4-12(16)7-10/h2-8,15,18H,9H2,1H3. The molecule has 1 atom stereocenters. The van der Waals surface area contributed by atoms with E-state index in [9.17, 15) is 5.11 Å². The Kier molecular flexibility index (Phi) is 5.02. The maximum Gasteiger partial charge on any atom is 0.119 e. The summed E-state index contributed by atoms with van der Waals surface area (Å²) in [4.78, 5) is 0. The number of hydrogen-bond acceptors (Lipinski definition) is 2. The van der Waals surface area contributed by atoms with Gasteiger partial charge in [0.1, 0.15) is 5.75 Å². The van der Waals surface area contributed by atoms with Crippen LogP contribution in [-0.4, -0.2) is 12.2 Å². The Morgan fingerprint density at radius 3 is 2.63 bits per heavy atom. The molecule has 1 unspecified atom stereocenters. The number of aliphatic hydroxyl groups excluding tert-OH is 1. The highest BCUT2D eigenvalue weighted by Crippen LogP contribution is 2.28. The molecule has 0 amide bonds. The van der Waals surface area contributed by atoms with E-state index in [2.05, 4.69) is 31.9 Å². The van der Waals surface area contributed by atoms with Crippen molar-refractivity contribution in [3.63, 3.8) is 0 Å². The van der Waals surface area contributed by atoms with Crippen molar-refractivity contribution in [2.45, 2.75) is 12.5 Å². The summed E-state index contributed by atoms with van der Waals surface area (Å²) in [5.41, 5.74) is 1.91. The second-order valence-electron chi connectivity index (χ2n) is 4.23. The van der Waals surface area contributed by atoms with Gasteiger partial charge in [0.15, 0.2) is 0 Å². The van der Waals surface area contributed by atoms with Crippen LogP contribution in [0.1, 0.15) is 17.2 Å². The molecule has 19 heavy (non-hydrogen) atoms. The summed E-state index contributed by atoms with van der Waals surface area (Å²) in [6.45, 7) is 0. The van der Waals surface area contributed by atoms with Crippen LogP contribution in [0.4, 0.5) is 0 Å². The zero-order valence-corrected chi connectivity index (χ0v) is 13.6. The van der Waals surface area contributed by atoms with Crippen molar-refractivity contribution in [3.05, 3.63) is 62.5 Å². The van der Waals surface area contributed by atoms with E-state index in [-0.39, 0.29) is 0 Å². The van der Waals surface area contributed by atoms with Gasteiger partial charge in [0.2, 0.25) is 0 Å². The van der Waals surface area contributed by atoms with Gasteiger partial charge < -0.3 is 9.84 Å². The molecule has 4 heteroatoms. The fraction of sp³-hybridized carbons (Fsp3) is 0.200. The molecule has 0 aliphatic rings. The molecule has 0 fully saturated rings. The van der Waals surface area contributed by atoms with Crippen LogP contribution in [0, 0.1) is 0 Å². The number of benzene rings is 2. The lowest BCUT2D eigenvalue weighted by molar-refractivity contribution is 0.178. The lowest BCUT2D eigenvalue weighted by atomic mass is 10.0. The maximum absolute atomic E-state index is 10.3. The highest BCUT2D eigenvalue weighted by molar-refractivity contribution is 9.10. The van der Waals surface area contributed by atoms with E-state index >= 15 is 0 Å². The van der Waals surface area contributed by atoms with Crippen molar-refractivity contribution < 1.29 is 9.84 Å². The summed E-state index contributed by atoms with van der Waals surface area (Å²) in [5, 5.41) is 10.3. The Morgan fingerprint density at radius 2 is 1.95 bits per heavy atom. The first-order chi connectivity index (χ1) is 9.10. The molecule has 2 aromatic rings. The summed E-state index contributed by atoms with van der Waals surface area (Å²) >= 11 is 6.91. The van der Waals surface area contributed by atoms with Gasteiger partial charge in [0, 0.05) is 15.4 Å². The SMILES string of the molecule is COc1ccc(Br)c(CC(O)c2cccc(Br)c2)c1. The Hall–Kier alpha value is -0.840. The molecule has 100 valence electrons. The van der Waals surface area contributed by atoms with Crippen LogP contribution in [-0.2, 0) is 6.42 Å². The Morgan fingerprint density at radius 1 is 1.16 bits per heavy atom. The fourth-order valence-corrected chi connectivity index (χ4v) is 2.70. The molecule has 0 aromatic heterocycles. The Balaban J connectivity index is 2.21. The van der Waals surface area contributed by atoms with E-state index in [1.54, 1.807) is 7.11 Å². The predicted octanol–water partition coefficient (Wildman–Crippen LogP) is 4.50. The minimum atomic E-state index is -0.541. The van der Waals surface area contributed by atoms with Gasteiger partial charge in [-0.2, -0.15) is 0 Å². The molecule has 2 aromatic carbocycles. The molecule has 0 bridgehead atoms. The van der Waals surface area contributed by atoms with Crippen LogP contribution in [0.5, 0.6) is 5.75 Å². The van der Waals surface area contributed by atoms with Gasteiger partial charge in [-0.1, -0.05) is 44.0 Å². The molecule has 0 aliphatic heterocycles. The van der Waals surface area contributed by atoms with Gasteiger partial charge in [-0.3, -0.25) is 0 Å². The van der Waals surface area contributed by atoms with Crippen molar-refractivity contribution in [1.82, 2.24) is 0 Å². The lowest BCUT2D eigenvalue weighted by Gasteiger charge is -2.13. The second kappa shape index (κ2) is 6.55. The quantitative estimate of drug-likeness (QED) is 0.839. The Labute approximate surface area is 129 Å². The first kappa shape index (κ1) is 14.6. The first-order valence-electron chi connectivity index (χ1n) is 5.86. The van der Waals surface area contributed by atoms with Crippen LogP contribution >= 0.6 is 31.9 Å². The largest absolute Gasteiger partial charge is 0.497 e. The van der Waals surface area contributed by atoms with Gasteiger partial charge in [0.05, 0.1) is 13.2 Å². The summed E-state index contributed by atoms with van der Waals surface area (Å²) in [5.74, 6) is 0.791. The average molecular weight is 386 g/mol. The van der Waals surface area contributed by atoms with Gasteiger partial charge in [-0.15, -0.1) is 0 Å². The molecular weight excluding hydrogens is 372 g/mol. The Bertz CT molecular complexity index is 570. The number of methoxy groups -OCH3 is 1. The highest BCUT2D eigenvalue weighted by Gasteiger charge is 2.12. The third-order valence-electron chi connectivity index (χ3n) is 2.90. The normalized spacial score (nSPS) is 12.2. The van der Waals surface area contributed by atoms with E-state index in [0.29, 0.717) is 6.42 Å². The van der Waals surface area contributed by atoms with Crippen LogP contribution in [0.25, 0.3) is 0 Å². The lowest BCUT2D eigenvalue weighted by Crippen LogP contribution is -2.02. The third-order valence-corrected chi connectivity index (χ3v) is 4.17. The van der Waals surface area contributed by atoms with E-state index in [4.69, 9.17) is 4.74 Å². The topological polar surface area (TPSA) is 29.5 Å². The third kappa shape index (κ3) is 3.81. The molecule has 1 N–H and O–H groups in total. The zero-order valence-electron chi connectivity index (χ0n) is 10.4. The fourth-order valence-electron chi connectivity index (χ4n) is 1.87. The van der Waals surface area contributed by atoms with Gasteiger partial charge in [0.25, 0.3) is 0 Å². The maximum atomic E-state index is 10.3. The summed E-state index contributed by atoms with van der Waals surface area (Å²) in [6.07, 6.45) is -0.00488. The highest BCUT2D eigenvalue weighted by atomic mass is 79.9. The average Bonchev–Trinajstić information content (AvgIpc) is 2.41. The molecular formula is C15H14Br2O2. The monoisotopic (exact) mass is 384 g/mol. The molecule has 0 spiro atoms. The molecule has 0 aliphatic carbocycles. The number of ether oxygens (including phenoxy) is 1. The van der Waals surface area contributed by atoms with E-state index in [1.165, 1.54) is 0 Å². The van der Waals surface area contributed by atoms with Crippen LogP contribution in [0.3, 0.4) is 0 Å². The first-order valence-corrected chi connectivity index (χ1v) is 7.44. The van der Waals surface area contributed by atoms with Crippen LogP contribution in [0.15, 0.2) is 51.4 Å². The van der Waals surface area contributed by atoms with Crippen molar-refractivity contribution >= 4 is 31.9 Å². The van der Waals surface area contributed by atoms with Crippen LogP contribution < -0.4 is 4.74 Å². The van der Waals surface area contributed by atoms with E-state index < -0.39 is 6.10 Å². The molecule has 2 nitrogen and oxygen atoms in total. The van der Waals surface area contributed by atoms with Gasteiger partial charge in [-0.25, -0.2) is 0 Å². The smallest absolute Gasteiger partial charge is 0.119 e. The number of hydrogen-bond donors (Lipinski definition) is 1. The minimum absolute atomic E-state index is 0.536. The van der Waals surface area contributed by atoms with Crippen LogP contribution in [0.2, 0.25) is 0 Å². The molecule has 0 saturated carbocycles. The van der Waals surface area contributed by atoms with Crippen molar-refractivity contribution in [2.75, 3.05) is 7.11 Å². The molecule has 0 radical (unpaired) electrons. The summed E-state index contributed by atoms with van der Waals surface area (Å²) in [6, 6.07) is 13.5. The molecule has 2 rings (SSSR count). The predicted molar refractivity (Wildman–Crippen MR) is 83.5 cm³/mol.